The summed E-state index contributed by atoms with van der Waals surface area (Å²) in [6.45, 7) is 5.54. The van der Waals surface area contributed by atoms with Crippen molar-refractivity contribution in [1.29, 1.82) is 0 Å². The van der Waals surface area contributed by atoms with Gasteiger partial charge in [-0.1, -0.05) is 50.9 Å². The van der Waals surface area contributed by atoms with E-state index in [2.05, 4.69) is 17.2 Å². The van der Waals surface area contributed by atoms with E-state index >= 15 is 0 Å². The van der Waals surface area contributed by atoms with Crippen LogP contribution in [0.2, 0.25) is 0 Å². The van der Waals surface area contributed by atoms with Gasteiger partial charge in [0.05, 0.1) is 12.7 Å². The first-order valence-electron chi connectivity index (χ1n) is 7.95. The fraction of sp³-hybridized carbons (Fsp3) is 0.733. The van der Waals surface area contributed by atoms with Crippen LogP contribution in [0, 0.1) is 5.21 Å². The second-order valence-electron chi connectivity index (χ2n) is 5.18. The number of aromatic nitrogens is 2. The zero-order valence-electron chi connectivity index (χ0n) is 13.2. The molecule has 0 bridgehead atoms. The van der Waals surface area contributed by atoms with Crippen LogP contribution in [0.25, 0.3) is 0 Å². The third-order valence-electron chi connectivity index (χ3n) is 3.20. The maximum absolute atomic E-state index is 11.8. The Morgan fingerprint density at radius 1 is 1.19 bits per heavy atom. The average molecular weight is 296 g/mol. The number of nitrogens with one attached hydrogen (secondary N) is 1. The van der Waals surface area contributed by atoms with E-state index in [4.69, 9.17) is 10.5 Å². The first-order valence-corrected chi connectivity index (χ1v) is 7.95. The van der Waals surface area contributed by atoms with E-state index in [-0.39, 0.29) is 5.95 Å². The molecule has 1 heterocycles. The molecule has 120 valence electrons. The Balaban J connectivity index is 2.40. The Hall–Kier alpha value is -1.72. The molecule has 0 amide bonds. The summed E-state index contributed by atoms with van der Waals surface area (Å²) < 4.78 is 6.03. The van der Waals surface area contributed by atoms with Crippen molar-refractivity contribution in [3.05, 3.63) is 11.3 Å². The van der Waals surface area contributed by atoms with Crippen molar-refractivity contribution >= 4 is 11.8 Å². The topological polar surface area (TPSA) is 87.1 Å². The molecule has 0 spiro atoms. The van der Waals surface area contributed by atoms with Crippen molar-refractivity contribution in [2.75, 3.05) is 24.2 Å². The maximum atomic E-state index is 11.8. The van der Waals surface area contributed by atoms with E-state index in [0.29, 0.717) is 23.0 Å². The lowest BCUT2D eigenvalue weighted by atomic mass is 10.1. The van der Waals surface area contributed by atoms with Crippen molar-refractivity contribution in [3.63, 3.8) is 0 Å². The van der Waals surface area contributed by atoms with Crippen LogP contribution in [0.4, 0.5) is 11.8 Å². The molecule has 0 aliphatic carbocycles. The average Bonchev–Trinajstić information content (AvgIpc) is 2.48. The maximum Gasteiger partial charge on any atom is 0.347 e. The Morgan fingerprint density at radius 2 is 1.90 bits per heavy atom. The second-order valence-corrected chi connectivity index (χ2v) is 5.18. The van der Waals surface area contributed by atoms with Gasteiger partial charge in [-0.25, -0.2) is 4.73 Å². The summed E-state index contributed by atoms with van der Waals surface area (Å²) in [5.74, 6) is 0.711. The van der Waals surface area contributed by atoms with Crippen LogP contribution in [0.5, 0.6) is 5.88 Å². The van der Waals surface area contributed by atoms with Gasteiger partial charge in [0.15, 0.2) is 0 Å². The number of ether oxygens (including phenoxy) is 1. The van der Waals surface area contributed by atoms with Crippen LogP contribution in [-0.2, 0) is 0 Å². The van der Waals surface area contributed by atoms with E-state index in [9.17, 15) is 5.21 Å². The van der Waals surface area contributed by atoms with Gasteiger partial charge in [0.25, 0.3) is 5.88 Å². The highest BCUT2D eigenvalue weighted by atomic mass is 16.5. The first kappa shape index (κ1) is 17.3. The van der Waals surface area contributed by atoms with E-state index in [1.807, 2.05) is 6.92 Å². The summed E-state index contributed by atoms with van der Waals surface area (Å²) in [6.07, 6.45) is 8.18. The lowest BCUT2D eigenvalue weighted by Crippen LogP contribution is -2.36. The lowest BCUT2D eigenvalue weighted by Gasteiger charge is -2.14. The molecule has 1 aromatic heterocycles. The molecule has 0 atom stereocenters. The largest absolute Gasteiger partial charge is 0.754 e. The summed E-state index contributed by atoms with van der Waals surface area (Å²) in [6, 6.07) is 1.61. The molecule has 6 nitrogen and oxygen atoms in total. The zero-order valence-corrected chi connectivity index (χ0v) is 13.2. The summed E-state index contributed by atoms with van der Waals surface area (Å²) >= 11 is 0. The van der Waals surface area contributed by atoms with E-state index in [1.54, 1.807) is 6.07 Å². The number of anilines is 2. The molecular weight excluding hydrogens is 268 g/mol. The van der Waals surface area contributed by atoms with Crippen molar-refractivity contribution in [3.8, 4) is 5.88 Å². The van der Waals surface area contributed by atoms with Gasteiger partial charge < -0.3 is 21.0 Å². The highest BCUT2D eigenvalue weighted by Gasteiger charge is 2.10. The molecule has 0 aromatic carbocycles. The van der Waals surface area contributed by atoms with Crippen LogP contribution >= 0.6 is 0 Å². The van der Waals surface area contributed by atoms with Crippen molar-refractivity contribution in [1.82, 2.24) is 4.98 Å². The Morgan fingerprint density at radius 3 is 2.62 bits per heavy atom. The predicted molar refractivity (Wildman–Crippen MR) is 85.3 cm³/mol. The molecule has 0 aliphatic rings. The highest BCUT2D eigenvalue weighted by molar-refractivity contribution is 5.36. The smallest absolute Gasteiger partial charge is 0.347 e. The number of hydrogen-bond acceptors (Lipinski definition) is 5. The fourth-order valence-electron chi connectivity index (χ4n) is 2.01. The molecule has 6 heteroatoms. The minimum absolute atomic E-state index is 0.0888. The van der Waals surface area contributed by atoms with Gasteiger partial charge in [-0.05, 0) is 12.8 Å². The monoisotopic (exact) mass is 296 g/mol. The Kier molecular flexibility index (Phi) is 8.31. The number of unbranched alkanes of at least 4 members (excludes halogenated alkanes) is 5. The third kappa shape index (κ3) is 6.51. The van der Waals surface area contributed by atoms with Gasteiger partial charge in [-0.3, -0.25) is 0 Å². The molecule has 1 aromatic rings. The highest BCUT2D eigenvalue weighted by Crippen LogP contribution is 2.13. The molecule has 0 fully saturated rings. The van der Waals surface area contributed by atoms with Crippen molar-refractivity contribution < 1.29 is 9.47 Å². The van der Waals surface area contributed by atoms with Gasteiger partial charge in [0.2, 0.25) is 5.82 Å². The Labute approximate surface area is 127 Å². The number of nitrogens with two attached hydrogens (primary N) is 1. The van der Waals surface area contributed by atoms with Crippen LogP contribution in [0.15, 0.2) is 6.07 Å². The summed E-state index contributed by atoms with van der Waals surface area (Å²) in [5.41, 5.74) is 5.60. The second kappa shape index (κ2) is 10.1. The van der Waals surface area contributed by atoms with Gasteiger partial charge in [0.1, 0.15) is 0 Å². The van der Waals surface area contributed by atoms with Gasteiger partial charge in [-0.15, -0.1) is 0 Å². The van der Waals surface area contributed by atoms with E-state index in [1.165, 1.54) is 32.1 Å². The van der Waals surface area contributed by atoms with Crippen LogP contribution in [-0.4, -0.2) is 18.1 Å². The van der Waals surface area contributed by atoms with Crippen molar-refractivity contribution in [2.45, 2.75) is 58.8 Å². The molecule has 1 rings (SSSR count). The van der Waals surface area contributed by atoms with Crippen LogP contribution < -0.4 is 20.5 Å². The fourth-order valence-corrected chi connectivity index (χ4v) is 2.01. The van der Waals surface area contributed by atoms with E-state index in [0.717, 1.165) is 19.4 Å². The van der Waals surface area contributed by atoms with Gasteiger partial charge in [-0.2, -0.15) is 0 Å². The zero-order chi connectivity index (χ0) is 15.5. The molecule has 0 radical (unpaired) electrons. The summed E-state index contributed by atoms with van der Waals surface area (Å²) in [5, 5.41) is 14.9. The quantitative estimate of drug-likeness (QED) is 0.372. The number of nitrogen functional groups attached to an aromatic ring is 1. The molecule has 3 N–H and O–H groups in total. The third-order valence-corrected chi connectivity index (χ3v) is 3.20. The SMILES string of the molecule is CCCCCCCCNc1cc(OCCC)nc(N)[n+]1[O-]. The van der Waals surface area contributed by atoms with Gasteiger partial charge >= 0.3 is 5.95 Å². The molecule has 21 heavy (non-hydrogen) atoms. The normalized spacial score (nSPS) is 10.6. The molecule has 0 unspecified atom stereocenters. The predicted octanol–water partition coefficient (Wildman–Crippen LogP) is 2.86. The first-order chi connectivity index (χ1) is 10.2. The molecular formula is C15H28N4O2. The lowest BCUT2D eigenvalue weighted by molar-refractivity contribution is -0.577. The molecule has 0 saturated carbocycles. The van der Waals surface area contributed by atoms with Crippen LogP contribution in [0.1, 0.15) is 58.8 Å². The van der Waals surface area contributed by atoms with Crippen molar-refractivity contribution in [2.24, 2.45) is 0 Å². The standard InChI is InChI=1S/C15H28N4O2/c1-3-5-6-7-8-9-10-17-13-12-14(21-11-4-2)18-15(16)19(13)20/h12,17H,3-11H2,1-2H3,(H2,16,18). The van der Waals surface area contributed by atoms with E-state index < -0.39 is 0 Å². The summed E-state index contributed by atoms with van der Waals surface area (Å²) in [7, 11) is 0. The van der Waals surface area contributed by atoms with Gasteiger partial charge in [0, 0.05) is 6.54 Å². The van der Waals surface area contributed by atoms with Crippen LogP contribution in [0.3, 0.4) is 0 Å². The molecule has 0 aliphatic heterocycles. The number of hydrogen-bond donors (Lipinski definition) is 2. The number of rotatable bonds is 11. The minimum Gasteiger partial charge on any atom is -0.754 e. The Bertz CT molecular complexity index is 413. The molecule has 0 saturated heterocycles. The minimum atomic E-state index is -0.0888. The summed E-state index contributed by atoms with van der Waals surface area (Å²) in [4.78, 5) is 3.92. The number of nitrogens with zero attached hydrogens (tertiary/aromatic N) is 2.